The van der Waals surface area contributed by atoms with Gasteiger partial charge in [0.25, 0.3) is 0 Å². The quantitative estimate of drug-likeness (QED) is 0.871. The summed E-state index contributed by atoms with van der Waals surface area (Å²) in [5.74, 6) is -1.29. The van der Waals surface area contributed by atoms with E-state index in [0.717, 1.165) is 0 Å². The summed E-state index contributed by atoms with van der Waals surface area (Å²) in [7, 11) is 0. The van der Waals surface area contributed by atoms with Gasteiger partial charge in [-0.1, -0.05) is 30.3 Å². The molecule has 102 valence electrons. The van der Waals surface area contributed by atoms with Gasteiger partial charge in [-0.25, -0.2) is 0 Å². The Labute approximate surface area is 108 Å². The number of aliphatic carboxylic acids is 1. The second-order valence-corrected chi connectivity index (χ2v) is 3.58. The lowest BCUT2D eigenvalue weighted by atomic mass is 10.1. The fraction of sp³-hybridized carbons (Fsp3) is 0.364. The zero-order chi connectivity index (χ0) is 12.9. The summed E-state index contributed by atoms with van der Waals surface area (Å²) in [4.78, 5) is 10.8. The average Bonchev–Trinajstić information content (AvgIpc) is 2.24. The van der Waals surface area contributed by atoms with Crippen LogP contribution in [0.25, 0.3) is 0 Å². The molecule has 1 rings (SSSR count). The Bertz CT molecular complexity index is 370. The predicted octanol–water partition coefficient (Wildman–Crippen LogP) is 2.26. The maximum atomic E-state index is 12.0. The van der Waals surface area contributed by atoms with E-state index in [2.05, 4.69) is 0 Å². The van der Waals surface area contributed by atoms with E-state index in [0.29, 0.717) is 5.56 Å². The number of benzene rings is 1. The molecule has 0 spiro atoms. The van der Waals surface area contributed by atoms with Crippen molar-refractivity contribution >= 4 is 18.4 Å². The molecule has 7 heteroatoms. The molecule has 18 heavy (non-hydrogen) atoms. The van der Waals surface area contributed by atoms with Crippen LogP contribution in [-0.4, -0.2) is 29.8 Å². The number of hydrogen-bond acceptors (Lipinski definition) is 2. The van der Waals surface area contributed by atoms with Gasteiger partial charge in [0, 0.05) is 0 Å². The second-order valence-electron chi connectivity index (χ2n) is 3.58. The number of rotatable bonds is 5. The number of carbonyl (C=O) groups is 1. The smallest absolute Gasteiger partial charge is 0.401 e. The molecule has 2 N–H and O–H groups in total. The van der Waals surface area contributed by atoms with Crippen LogP contribution >= 0.6 is 12.4 Å². The standard InChI is InChI=1S/C11H12F3NO2.ClH/c12-11(13,14)7-15-9(10(16)17)6-8-4-2-1-3-5-8;/h1-5,9,15H,6-7H2,(H,16,17);1H/t9-;/m0./s1. The molecular weight excluding hydrogens is 271 g/mol. The number of carboxylic acids is 1. The summed E-state index contributed by atoms with van der Waals surface area (Å²) in [5.41, 5.74) is 0.676. The number of alkyl halides is 3. The minimum Gasteiger partial charge on any atom is -0.480 e. The van der Waals surface area contributed by atoms with Gasteiger partial charge >= 0.3 is 12.1 Å². The van der Waals surface area contributed by atoms with Crippen LogP contribution in [0.1, 0.15) is 5.56 Å². The number of nitrogens with one attached hydrogen (secondary N) is 1. The minimum absolute atomic E-state index is 0. The first-order valence-corrected chi connectivity index (χ1v) is 4.95. The highest BCUT2D eigenvalue weighted by atomic mass is 35.5. The van der Waals surface area contributed by atoms with E-state index in [1.807, 2.05) is 5.32 Å². The number of carboxylic acid groups (broad SMARTS) is 1. The van der Waals surface area contributed by atoms with E-state index in [9.17, 15) is 18.0 Å². The predicted molar refractivity (Wildman–Crippen MR) is 62.9 cm³/mol. The van der Waals surface area contributed by atoms with Crippen LogP contribution in [0.2, 0.25) is 0 Å². The van der Waals surface area contributed by atoms with Crippen molar-refractivity contribution in [2.24, 2.45) is 0 Å². The van der Waals surface area contributed by atoms with Gasteiger partial charge in [-0.2, -0.15) is 13.2 Å². The summed E-state index contributed by atoms with van der Waals surface area (Å²) in [5, 5.41) is 10.8. The molecule has 1 atom stereocenters. The lowest BCUT2D eigenvalue weighted by Gasteiger charge is -2.15. The van der Waals surface area contributed by atoms with Gasteiger partial charge < -0.3 is 5.11 Å². The molecule has 1 aromatic carbocycles. The summed E-state index contributed by atoms with van der Waals surface area (Å²) < 4.78 is 35.9. The SMILES string of the molecule is Cl.O=C(O)[C@H](Cc1ccccc1)NCC(F)(F)F. The molecule has 0 unspecified atom stereocenters. The van der Waals surface area contributed by atoms with Crippen molar-refractivity contribution in [3.05, 3.63) is 35.9 Å². The first-order chi connectivity index (χ1) is 7.88. The zero-order valence-electron chi connectivity index (χ0n) is 9.28. The highest BCUT2D eigenvalue weighted by Gasteiger charge is 2.29. The third-order valence-corrected chi connectivity index (χ3v) is 2.13. The fourth-order valence-electron chi connectivity index (χ4n) is 1.34. The summed E-state index contributed by atoms with van der Waals surface area (Å²) in [6.45, 7) is -1.31. The van der Waals surface area contributed by atoms with Gasteiger partial charge in [0.05, 0.1) is 6.54 Å². The lowest BCUT2D eigenvalue weighted by molar-refractivity contribution is -0.143. The Morgan fingerprint density at radius 3 is 2.28 bits per heavy atom. The molecule has 0 fully saturated rings. The van der Waals surface area contributed by atoms with E-state index >= 15 is 0 Å². The first kappa shape index (κ1) is 16.7. The summed E-state index contributed by atoms with van der Waals surface area (Å²) in [6.07, 6.45) is -4.39. The van der Waals surface area contributed by atoms with Gasteiger partial charge in [0.2, 0.25) is 0 Å². The zero-order valence-corrected chi connectivity index (χ0v) is 10.1. The largest absolute Gasteiger partial charge is 0.480 e. The lowest BCUT2D eigenvalue weighted by Crippen LogP contribution is -2.43. The third-order valence-electron chi connectivity index (χ3n) is 2.13. The second kappa shape index (κ2) is 7.23. The third kappa shape index (κ3) is 6.46. The Morgan fingerprint density at radius 2 is 1.83 bits per heavy atom. The first-order valence-electron chi connectivity index (χ1n) is 4.95. The Balaban J connectivity index is 0.00000289. The molecule has 0 aliphatic heterocycles. The topological polar surface area (TPSA) is 49.3 Å². The highest BCUT2D eigenvalue weighted by Crippen LogP contribution is 2.13. The molecule has 0 saturated carbocycles. The van der Waals surface area contributed by atoms with E-state index in [1.54, 1.807) is 30.3 Å². The molecule has 0 radical (unpaired) electrons. The van der Waals surface area contributed by atoms with E-state index in [4.69, 9.17) is 5.11 Å². The molecule has 3 nitrogen and oxygen atoms in total. The van der Waals surface area contributed by atoms with Gasteiger partial charge in [-0.3, -0.25) is 10.1 Å². The van der Waals surface area contributed by atoms with Crippen molar-refractivity contribution in [2.45, 2.75) is 18.6 Å². The van der Waals surface area contributed by atoms with E-state index in [-0.39, 0.29) is 18.8 Å². The normalized spacial score (nSPS) is 12.6. The van der Waals surface area contributed by atoms with Crippen molar-refractivity contribution in [3.63, 3.8) is 0 Å². The van der Waals surface area contributed by atoms with Crippen molar-refractivity contribution in [3.8, 4) is 0 Å². The van der Waals surface area contributed by atoms with Gasteiger partial charge in [-0.15, -0.1) is 12.4 Å². The number of hydrogen-bond donors (Lipinski definition) is 2. The molecule has 0 aliphatic rings. The fourth-order valence-corrected chi connectivity index (χ4v) is 1.34. The molecule has 0 bridgehead atoms. The van der Waals surface area contributed by atoms with E-state index < -0.39 is 24.7 Å². The van der Waals surface area contributed by atoms with Crippen LogP contribution in [0, 0.1) is 0 Å². The van der Waals surface area contributed by atoms with Crippen LogP contribution in [0.3, 0.4) is 0 Å². The number of halogens is 4. The Morgan fingerprint density at radius 1 is 1.28 bits per heavy atom. The summed E-state index contributed by atoms with van der Waals surface area (Å²) >= 11 is 0. The van der Waals surface area contributed by atoms with Crippen molar-refractivity contribution in [1.29, 1.82) is 0 Å². The van der Waals surface area contributed by atoms with Crippen molar-refractivity contribution in [2.75, 3.05) is 6.54 Å². The summed E-state index contributed by atoms with van der Waals surface area (Å²) in [6, 6.07) is 7.27. The highest BCUT2D eigenvalue weighted by molar-refractivity contribution is 5.85. The Kier molecular flexibility index (Phi) is 6.72. The molecule has 0 aromatic heterocycles. The van der Waals surface area contributed by atoms with Crippen molar-refractivity contribution < 1.29 is 23.1 Å². The van der Waals surface area contributed by atoms with Crippen LogP contribution < -0.4 is 5.32 Å². The molecular formula is C11H13ClF3NO2. The maximum Gasteiger partial charge on any atom is 0.401 e. The molecule has 0 aliphatic carbocycles. The molecule has 1 aromatic rings. The molecule has 0 amide bonds. The van der Waals surface area contributed by atoms with Gasteiger partial charge in [-0.05, 0) is 12.0 Å². The Hall–Kier alpha value is -1.27. The van der Waals surface area contributed by atoms with E-state index in [1.165, 1.54) is 0 Å². The van der Waals surface area contributed by atoms with Gasteiger partial charge in [0.1, 0.15) is 6.04 Å². The van der Waals surface area contributed by atoms with Crippen LogP contribution in [0.4, 0.5) is 13.2 Å². The van der Waals surface area contributed by atoms with Crippen LogP contribution in [0.15, 0.2) is 30.3 Å². The minimum atomic E-state index is -4.41. The maximum absolute atomic E-state index is 12.0. The molecule has 0 heterocycles. The van der Waals surface area contributed by atoms with Crippen molar-refractivity contribution in [1.82, 2.24) is 5.32 Å². The average molecular weight is 284 g/mol. The van der Waals surface area contributed by atoms with Gasteiger partial charge in [0.15, 0.2) is 0 Å². The monoisotopic (exact) mass is 283 g/mol. The molecule has 0 saturated heterocycles. The van der Waals surface area contributed by atoms with Crippen LogP contribution in [-0.2, 0) is 11.2 Å². The van der Waals surface area contributed by atoms with Crippen LogP contribution in [0.5, 0.6) is 0 Å².